The third kappa shape index (κ3) is 3.84. The van der Waals surface area contributed by atoms with Crippen LogP contribution >= 0.6 is 23.1 Å². The van der Waals surface area contributed by atoms with Crippen LogP contribution in [0.4, 0.5) is 10.1 Å². The molecular formula is C16H18FN3OS2. The number of anilines is 1. The molecule has 23 heavy (non-hydrogen) atoms. The summed E-state index contributed by atoms with van der Waals surface area (Å²) in [6, 6.07) is 6.83. The van der Waals surface area contributed by atoms with E-state index in [2.05, 4.69) is 10.3 Å². The van der Waals surface area contributed by atoms with Crippen molar-refractivity contribution >= 4 is 34.7 Å². The minimum Gasteiger partial charge on any atom is -0.369 e. The first-order valence-corrected chi connectivity index (χ1v) is 9.55. The largest absolute Gasteiger partial charge is 0.369 e. The summed E-state index contributed by atoms with van der Waals surface area (Å²) in [6.07, 6.45) is 2.89. The van der Waals surface area contributed by atoms with Gasteiger partial charge in [-0.2, -0.15) is 0 Å². The zero-order valence-electron chi connectivity index (χ0n) is 12.8. The quantitative estimate of drug-likeness (QED) is 0.840. The highest BCUT2D eigenvalue weighted by Gasteiger charge is 2.25. The molecule has 1 aromatic carbocycles. The summed E-state index contributed by atoms with van der Waals surface area (Å²) in [5.41, 5.74) is 1.12. The number of carbonyl (C=O) groups is 1. The van der Waals surface area contributed by atoms with E-state index in [-0.39, 0.29) is 11.7 Å². The predicted molar refractivity (Wildman–Crippen MR) is 92.9 cm³/mol. The van der Waals surface area contributed by atoms with Gasteiger partial charge in [-0.25, -0.2) is 9.37 Å². The SMILES string of the molecule is CSc1nc(C(=O)NC[C@H]2CCN(c3ccccc3F)C2)cs1. The van der Waals surface area contributed by atoms with Gasteiger partial charge in [0.1, 0.15) is 15.9 Å². The lowest BCUT2D eigenvalue weighted by Gasteiger charge is -2.19. The van der Waals surface area contributed by atoms with Gasteiger partial charge in [0.05, 0.1) is 5.69 Å². The second kappa shape index (κ2) is 7.31. The van der Waals surface area contributed by atoms with Crippen LogP contribution in [-0.4, -0.2) is 36.8 Å². The first-order valence-electron chi connectivity index (χ1n) is 7.44. The Kier molecular flexibility index (Phi) is 5.17. The number of hydrogen-bond acceptors (Lipinski definition) is 5. The van der Waals surface area contributed by atoms with Gasteiger partial charge in [-0.1, -0.05) is 23.9 Å². The molecule has 1 N–H and O–H groups in total. The molecule has 1 aliphatic heterocycles. The van der Waals surface area contributed by atoms with E-state index in [0.29, 0.717) is 23.8 Å². The van der Waals surface area contributed by atoms with Crippen molar-refractivity contribution in [3.8, 4) is 0 Å². The van der Waals surface area contributed by atoms with E-state index in [1.807, 2.05) is 17.2 Å². The van der Waals surface area contributed by atoms with Gasteiger partial charge in [0.15, 0.2) is 0 Å². The molecule has 1 aromatic heterocycles. The lowest BCUT2D eigenvalue weighted by molar-refractivity contribution is 0.0943. The van der Waals surface area contributed by atoms with Gasteiger partial charge in [0, 0.05) is 25.0 Å². The fourth-order valence-electron chi connectivity index (χ4n) is 2.71. The smallest absolute Gasteiger partial charge is 0.270 e. The molecule has 1 fully saturated rings. The fourth-order valence-corrected chi connectivity index (χ4v) is 3.95. The van der Waals surface area contributed by atoms with Crippen molar-refractivity contribution in [2.24, 2.45) is 5.92 Å². The Balaban J connectivity index is 1.52. The van der Waals surface area contributed by atoms with Crippen LogP contribution in [0.3, 0.4) is 0 Å². The molecule has 2 aromatic rings. The standard InChI is InChI=1S/C16H18FN3OS2/c1-22-16-19-13(10-23-16)15(21)18-8-11-6-7-20(9-11)14-5-3-2-4-12(14)17/h2-5,10-11H,6-9H2,1H3,(H,18,21)/t11-/m1/s1. The molecule has 1 atom stereocenters. The van der Waals surface area contributed by atoms with Crippen LogP contribution in [0.15, 0.2) is 34.0 Å². The molecule has 4 nitrogen and oxygen atoms in total. The number of para-hydroxylation sites is 1. The maximum absolute atomic E-state index is 13.8. The van der Waals surface area contributed by atoms with Crippen molar-refractivity contribution < 1.29 is 9.18 Å². The Hall–Kier alpha value is -1.60. The van der Waals surface area contributed by atoms with Crippen molar-refractivity contribution in [3.05, 3.63) is 41.2 Å². The van der Waals surface area contributed by atoms with Crippen molar-refractivity contribution in [2.45, 2.75) is 10.8 Å². The van der Waals surface area contributed by atoms with E-state index < -0.39 is 0 Å². The van der Waals surface area contributed by atoms with Crippen LogP contribution in [-0.2, 0) is 0 Å². The molecule has 3 rings (SSSR count). The van der Waals surface area contributed by atoms with Crippen LogP contribution in [0.2, 0.25) is 0 Å². The first kappa shape index (κ1) is 16.3. The van der Waals surface area contributed by atoms with Gasteiger partial charge in [-0.3, -0.25) is 4.79 Å². The molecule has 0 unspecified atom stereocenters. The third-order valence-corrected chi connectivity index (χ3v) is 5.78. The normalized spacial score (nSPS) is 17.5. The first-order chi connectivity index (χ1) is 11.2. The number of rotatable bonds is 5. The molecule has 1 aliphatic rings. The van der Waals surface area contributed by atoms with Crippen molar-refractivity contribution in [1.82, 2.24) is 10.3 Å². The van der Waals surface area contributed by atoms with E-state index in [0.717, 1.165) is 23.8 Å². The Bertz CT molecular complexity index is 691. The molecular weight excluding hydrogens is 333 g/mol. The maximum Gasteiger partial charge on any atom is 0.270 e. The summed E-state index contributed by atoms with van der Waals surface area (Å²) in [4.78, 5) is 18.4. The third-order valence-electron chi connectivity index (χ3n) is 3.92. The Labute approximate surface area is 143 Å². The lowest BCUT2D eigenvalue weighted by Crippen LogP contribution is -2.31. The number of amides is 1. The number of thioether (sulfide) groups is 1. The van der Waals surface area contributed by atoms with E-state index in [1.165, 1.54) is 29.2 Å². The Morgan fingerprint density at radius 2 is 2.35 bits per heavy atom. The summed E-state index contributed by atoms with van der Waals surface area (Å²) < 4.78 is 14.7. The van der Waals surface area contributed by atoms with Crippen LogP contribution in [0.5, 0.6) is 0 Å². The van der Waals surface area contributed by atoms with E-state index in [1.54, 1.807) is 17.5 Å². The molecule has 1 saturated heterocycles. The van der Waals surface area contributed by atoms with Crippen molar-refractivity contribution in [2.75, 3.05) is 30.8 Å². The van der Waals surface area contributed by atoms with Crippen LogP contribution in [0.1, 0.15) is 16.9 Å². The number of aromatic nitrogens is 1. The zero-order chi connectivity index (χ0) is 16.2. The summed E-state index contributed by atoms with van der Waals surface area (Å²) in [7, 11) is 0. The van der Waals surface area contributed by atoms with Crippen LogP contribution in [0, 0.1) is 11.7 Å². The molecule has 0 spiro atoms. The maximum atomic E-state index is 13.8. The topological polar surface area (TPSA) is 45.2 Å². The van der Waals surface area contributed by atoms with Crippen LogP contribution < -0.4 is 10.2 Å². The minimum absolute atomic E-state index is 0.133. The monoisotopic (exact) mass is 351 g/mol. The summed E-state index contributed by atoms with van der Waals surface area (Å²) in [5.74, 6) is 0.00681. The summed E-state index contributed by atoms with van der Waals surface area (Å²) in [5, 5.41) is 4.72. The van der Waals surface area contributed by atoms with E-state index >= 15 is 0 Å². The molecule has 0 saturated carbocycles. The van der Waals surface area contributed by atoms with Gasteiger partial charge in [0.2, 0.25) is 0 Å². The molecule has 2 heterocycles. The zero-order valence-corrected chi connectivity index (χ0v) is 14.4. The Morgan fingerprint density at radius 3 is 3.09 bits per heavy atom. The van der Waals surface area contributed by atoms with Crippen molar-refractivity contribution in [1.29, 1.82) is 0 Å². The fraction of sp³-hybridized carbons (Fsp3) is 0.375. The number of nitrogens with zero attached hydrogens (tertiary/aromatic N) is 2. The summed E-state index contributed by atoms with van der Waals surface area (Å²) >= 11 is 3.01. The lowest BCUT2D eigenvalue weighted by atomic mass is 10.1. The number of thiazole rings is 1. The molecule has 0 radical (unpaired) electrons. The predicted octanol–water partition coefficient (Wildman–Crippen LogP) is 3.26. The number of halogens is 1. The number of carbonyl (C=O) groups excluding carboxylic acids is 1. The molecule has 1 amide bonds. The molecule has 7 heteroatoms. The highest BCUT2D eigenvalue weighted by Crippen LogP contribution is 2.26. The van der Waals surface area contributed by atoms with E-state index in [9.17, 15) is 9.18 Å². The summed E-state index contributed by atoms with van der Waals surface area (Å²) in [6.45, 7) is 2.17. The Morgan fingerprint density at radius 1 is 1.52 bits per heavy atom. The highest BCUT2D eigenvalue weighted by molar-refractivity contribution is 8.00. The second-order valence-corrected chi connectivity index (χ2v) is 7.38. The number of hydrogen-bond donors (Lipinski definition) is 1. The van der Waals surface area contributed by atoms with Gasteiger partial charge in [-0.05, 0) is 30.7 Å². The number of nitrogens with one attached hydrogen (secondary N) is 1. The molecule has 122 valence electrons. The van der Waals surface area contributed by atoms with Crippen LogP contribution in [0.25, 0.3) is 0 Å². The average Bonchev–Trinajstić information content (AvgIpc) is 3.22. The average molecular weight is 351 g/mol. The van der Waals surface area contributed by atoms with Gasteiger partial charge in [-0.15, -0.1) is 11.3 Å². The second-order valence-electron chi connectivity index (χ2n) is 5.46. The number of benzene rings is 1. The minimum atomic E-state index is -0.191. The van der Waals surface area contributed by atoms with Gasteiger partial charge < -0.3 is 10.2 Å². The van der Waals surface area contributed by atoms with Gasteiger partial charge >= 0.3 is 0 Å². The van der Waals surface area contributed by atoms with Gasteiger partial charge in [0.25, 0.3) is 5.91 Å². The molecule has 0 aliphatic carbocycles. The van der Waals surface area contributed by atoms with E-state index in [4.69, 9.17) is 0 Å². The van der Waals surface area contributed by atoms with Crippen molar-refractivity contribution in [3.63, 3.8) is 0 Å². The molecule has 0 bridgehead atoms. The highest BCUT2D eigenvalue weighted by atomic mass is 32.2.